The lowest BCUT2D eigenvalue weighted by atomic mass is 9.97. The van der Waals surface area contributed by atoms with Gasteiger partial charge in [-0.3, -0.25) is 4.79 Å². The van der Waals surface area contributed by atoms with Gasteiger partial charge in [-0.25, -0.2) is 4.67 Å². The Hall–Kier alpha value is 0.427. The minimum absolute atomic E-state index is 0.0395. The Morgan fingerprint density at radius 2 is 1.56 bits per heavy atom. The second-order valence-electron chi connectivity index (χ2n) is 12.5. The van der Waals surface area contributed by atoms with Crippen molar-refractivity contribution in [2.24, 2.45) is 5.41 Å². The number of methoxy groups -OCH3 is 1. The number of thioether (sulfide) groups is 1. The van der Waals surface area contributed by atoms with Crippen molar-refractivity contribution >= 4 is 33.7 Å². The largest absolute Gasteiger partial charge is 0.416 e. The van der Waals surface area contributed by atoms with E-state index in [0.29, 0.717) is 19.0 Å². The van der Waals surface area contributed by atoms with Crippen molar-refractivity contribution in [2.45, 2.75) is 131 Å². The molecule has 214 valence electrons. The molecule has 5 unspecified atom stereocenters. The van der Waals surface area contributed by atoms with Crippen LogP contribution in [0, 0.1) is 5.41 Å². The number of rotatable bonds is 14. The third-order valence-electron chi connectivity index (χ3n) is 7.08. The molecule has 1 saturated heterocycles. The normalized spacial score (nSPS) is 24.8. The van der Waals surface area contributed by atoms with Crippen LogP contribution in [0.5, 0.6) is 0 Å². The summed E-state index contributed by atoms with van der Waals surface area (Å²) < 4.78 is 33.2. The maximum atomic E-state index is 13.0. The third-order valence-corrected chi connectivity index (χ3v) is 14.9. The predicted molar refractivity (Wildman–Crippen MR) is 155 cm³/mol. The van der Waals surface area contributed by atoms with Gasteiger partial charge in [0.2, 0.25) is 0 Å². The Morgan fingerprint density at radius 1 is 1.03 bits per heavy atom. The molecular weight excluding hydrogens is 513 g/mol. The molecule has 0 aromatic rings. The summed E-state index contributed by atoms with van der Waals surface area (Å²) in [6, 6.07) is 0.487. The molecule has 0 spiro atoms. The van der Waals surface area contributed by atoms with Gasteiger partial charge in [0.15, 0.2) is 13.4 Å². The van der Waals surface area contributed by atoms with Crippen LogP contribution in [0.1, 0.15) is 76.2 Å². The van der Waals surface area contributed by atoms with Crippen molar-refractivity contribution in [3.05, 3.63) is 0 Å². The Morgan fingerprint density at radius 3 is 2.03 bits per heavy atom. The van der Waals surface area contributed by atoms with E-state index in [9.17, 15) is 4.79 Å². The maximum absolute atomic E-state index is 13.0. The van der Waals surface area contributed by atoms with Crippen LogP contribution in [0.25, 0.3) is 0 Å². The standard InChI is InChI=1S/C26H54NO6PSSi/c1-18(2)27(19(3)4)34(33-23-21(6)32-20(5)22(23)29-12)30-15-16-35-24(28)26(10,11)17-31-36(13,14)25(7,8)9/h18-23H,15-17H2,1-14H3. The minimum Gasteiger partial charge on any atom is -0.416 e. The van der Waals surface area contributed by atoms with Crippen LogP contribution in [0.3, 0.4) is 0 Å². The molecule has 36 heavy (non-hydrogen) atoms. The monoisotopic (exact) mass is 567 g/mol. The van der Waals surface area contributed by atoms with E-state index in [1.807, 2.05) is 27.7 Å². The molecule has 0 radical (unpaired) electrons. The molecule has 1 aliphatic rings. The van der Waals surface area contributed by atoms with Gasteiger partial charge in [-0.05, 0) is 73.5 Å². The van der Waals surface area contributed by atoms with Crippen LogP contribution in [0.15, 0.2) is 0 Å². The molecule has 1 aliphatic heterocycles. The van der Waals surface area contributed by atoms with Gasteiger partial charge in [0, 0.05) is 31.6 Å². The summed E-state index contributed by atoms with van der Waals surface area (Å²) in [6.45, 7) is 28.5. The Balaban J connectivity index is 2.77. The molecule has 0 aromatic carbocycles. The average Bonchev–Trinajstić information content (AvgIpc) is 3.00. The van der Waals surface area contributed by atoms with Gasteiger partial charge >= 0.3 is 0 Å². The molecule has 0 N–H and O–H groups in total. The Bertz CT molecular complexity index is 680. The maximum Gasteiger partial charge on any atom is 0.259 e. The highest BCUT2D eigenvalue weighted by molar-refractivity contribution is 8.13. The first-order chi connectivity index (χ1) is 16.4. The fourth-order valence-electron chi connectivity index (χ4n) is 3.81. The summed E-state index contributed by atoms with van der Waals surface area (Å²) >= 11 is 1.32. The highest BCUT2D eigenvalue weighted by Crippen LogP contribution is 2.49. The summed E-state index contributed by atoms with van der Waals surface area (Å²) in [5, 5.41) is 0.246. The number of carbonyl (C=O) groups is 1. The van der Waals surface area contributed by atoms with Gasteiger partial charge in [-0.1, -0.05) is 32.5 Å². The predicted octanol–water partition coefficient (Wildman–Crippen LogP) is 6.86. The fourth-order valence-corrected chi connectivity index (χ4v) is 7.69. The number of carbonyl (C=O) groups excluding carboxylic acids is 1. The Kier molecular flexibility index (Phi) is 13.6. The van der Waals surface area contributed by atoms with Gasteiger partial charge in [-0.2, -0.15) is 0 Å². The zero-order valence-corrected chi connectivity index (χ0v) is 28.0. The van der Waals surface area contributed by atoms with E-state index in [1.165, 1.54) is 11.8 Å². The van der Waals surface area contributed by atoms with E-state index in [0.717, 1.165) is 0 Å². The van der Waals surface area contributed by atoms with Gasteiger partial charge < -0.3 is 22.9 Å². The van der Waals surface area contributed by atoms with Crippen molar-refractivity contribution < 1.29 is 27.7 Å². The molecular formula is C26H54NO6PSSi. The van der Waals surface area contributed by atoms with Crippen LogP contribution in [-0.4, -0.2) is 80.7 Å². The number of hydrogen-bond acceptors (Lipinski definition) is 8. The quantitative estimate of drug-likeness (QED) is 0.128. The van der Waals surface area contributed by atoms with Crippen molar-refractivity contribution in [1.29, 1.82) is 0 Å². The first-order valence-electron chi connectivity index (χ1n) is 13.2. The highest BCUT2D eigenvalue weighted by Gasteiger charge is 2.45. The second-order valence-corrected chi connectivity index (χ2v) is 19.8. The molecule has 0 aliphatic carbocycles. The SMILES string of the molecule is COC1C(C)OC(C)C1OP(OCCSC(=O)C(C)(C)CO[Si](C)(C)C(C)(C)C)N(C(C)C)C(C)C. The van der Waals surface area contributed by atoms with E-state index >= 15 is 0 Å². The second kappa shape index (κ2) is 14.2. The summed E-state index contributed by atoms with van der Waals surface area (Å²) in [6.07, 6.45) is -0.482. The average molecular weight is 568 g/mol. The van der Waals surface area contributed by atoms with Crippen LogP contribution >= 0.6 is 20.3 Å². The summed E-state index contributed by atoms with van der Waals surface area (Å²) in [5.41, 5.74) is -0.554. The lowest BCUT2D eigenvalue weighted by molar-refractivity contribution is -0.119. The Labute approximate surface area is 228 Å². The van der Waals surface area contributed by atoms with E-state index in [-0.39, 0.29) is 46.7 Å². The van der Waals surface area contributed by atoms with E-state index in [1.54, 1.807) is 7.11 Å². The van der Waals surface area contributed by atoms with Crippen molar-refractivity contribution in [3.63, 3.8) is 0 Å². The van der Waals surface area contributed by atoms with Crippen LogP contribution < -0.4 is 0 Å². The van der Waals surface area contributed by atoms with Crippen molar-refractivity contribution in [2.75, 3.05) is 26.1 Å². The van der Waals surface area contributed by atoms with Gasteiger partial charge in [0.05, 0.1) is 24.2 Å². The zero-order chi connectivity index (χ0) is 28.1. The van der Waals surface area contributed by atoms with E-state index in [2.05, 4.69) is 66.2 Å². The molecule has 10 heteroatoms. The molecule has 0 bridgehead atoms. The van der Waals surface area contributed by atoms with Crippen LogP contribution in [0.4, 0.5) is 0 Å². The lowest BCUT2D eigenvalue weighted by Gasteiger charge is -2.38. The fraction of sp³-hybridized carbons (Fsp3) is 0.962. The zero-order valence-electron chi connectivity index (χ0n) is 25.3. The molecule has 7 nitrogen and oxygen atoms in total. The molecule has 1 rings (SSSR count). The van der Waals surface area contributed by atoms with Gasteiger partial charge in [0.25, 0.3) is 8.53 Å². The van der Waals surface area contributed by atoms with Gasteiger partial charge in [-0.15, -0.1) is 0 Å². The summed E-state index contributed by atoms with van der Waals surface area (Å²) in [4.78, 5) is 13.0. The molecule has 1 fully saturated rings. The molecule has 5 atom stereocenters. The third kappa shape index (κ3) is 9.56. The number of nitrogens with zero attached hydrogens (tertiary/aromatic N) is 1. The summed E-state index contributed by atoms with van der Waals surface area (Å²) in [5.74, 6) is 0.565. The first-order valence-corrected chi connectivity index (χ1v) is 18.3. The number of hydrogen-bond donors (Lipinski definition) is 0. The van der Waals surface area contributed by atoms with Crippen molar-refractivity contribution in [3.8, 4) is 0 Å². The molecule has 0 saturated carbocycles. The first kappa shape index (κ1) is 34.5. The molecule has 0 amide bonds. The summed E-state index contributed by atoms with van der Waals surface area (Å²) in [7, 11) is -1.57. The number of ether oxygens (including phenoxy) is 2. The van der Waals surface area contributed by atoms with E-state index in [4.69, 9.17) is 22.9 Å². The topological polar surface area (TPSA) is 66.5 Å². The van der Waals surface area contributed by atoms with Crippen LogP contribution in [-0.2, 0) is 27.7 Å². The van der Waals surface area contributed by atoms with Gasteiger partial charge in [0.1, 0.15) is 12.2 Å². The molecule has 1 heterocycles. The smallest absolute Gasteiger partial charge is 0.259 e. The lowest BCUT2D eigenvalue weighted by Crippen LogP contribution is -2.44. The van der Waals surface area contributed by atoms with Crippen LogP contribution in [0.2, 0.25) is 18.1 Å². The van der Waals surface area contributed by atoms with E-state index < -0.39 is 22.3 Å². The van der Waals surface area contributed by atoms with Crippen molar-refractivity contribution in [1.82, 2.24) is 4.67 Å². The minimum atomic E-state index is -1.91. The molecule has 0 aromatic heterocycles. The highest BCUT2D eigenvalue weighted by atomic mass is 32.2.